The maximum atomic E-state index is 12.5. The zero-order valence-corrected chi connectivity index (χ0v) is 19.9. The van der Waals surface area contributed by atoms with Crippen LogP contribution in [-0.4, -0.2) is 48.2 Å². The van der Waals surface area contributed by atoms with E-state index in [1.54, 1.807) is 18.2 Å². The highest BCUT2D eigenvalue weighted by Crippen LogP contribution is 2.44. The molecule has 0 heterocycles. The third kappa shape index (κ3) is 4.85. The number of fused-ring (bicyclic) bond motifs is 3. The van der Waals surface area contributed by atoms with Crippen LogP contribution in [0.3, 0.4) is 0 Å². The van der Waals surface area contributed by atoms with Gasteiger partial charge in [0.05, 0.1) is 5.69 Å². The van der Waals surface area contributed by atoms with Crippen molar-refractivity contribution in [2.75, 3.05) is 25.5 Å². The van der Waals surface area contributed by atoms with E-state index in [9.17, 15) is 14.4 Å². The van der Waals surface area contributed by atoms with Crippen molar-refractivity contribution >= 4 is 46.2 Å². The number of hydrogen-bond acceptors (Lipinski definition) is 4. The summed E-state index contributed by atoms with van der Waals surface area (Å²) in [5.41, 5.74) is 5.42. The summed E-state index contributed by atoms with van der Waals surface area (Å²) in [6, 6.07) is 21.0. The van der Waals surface area contributed by atoms with Crippen LogP contribution in [0.5, 0.6) is 0 Å². The minimum atomic E-state index is -1.09. The summed E-state index contributed by atoms with van der Waals surface area (Å²) in [4.78, 5) is 36.8. The van der Waals surface area contributed by atoms with Gasteiger partial charge in [0.2, 0.25) is 0 Å². The van der Waals surface area contributed by atoms with Crippen molar-refractivity contribution in [3.63, 3.8) is 0 Å². The average molecular weight is 556 g/mol. The number of nitrogens with zero attached hydrogens (tertiary/aromatic N) is 1. The molecule has 0 unspecified atom stereocenters. The van der Waals surface area contributed by atoms with Crippen molar-refractivity contribution in [3.05, 3.63) is 87.0 Å². The van der Waals surface area contributed by atoms with E-state index in [0.717, 1.165) is 27.2 Å². The molecule has 0 saturated heterocycles. The van der Waals surface area contributed by atoms with Crippen LogP contribution >= 0.6 is 22.6 Å². The number of hydrogen-bond donors (Lipinski definition) is 2. The number of amides is 2. The molecule has 33 heavy (non-hydrogen) atoms. The molecule has 0 bridgehead atoms. The minimum Gasteiger partial charge on any atom is -0.480 e. The zero-order valence-electron chi connectivity index (χ0n) is 17.7. The van der Waals surface area contributed by atoms with Crippen LogP contribution in [0.25, 0.3) is 11.1 Å². The molecule has 0 spiro atoms. The van der Waals surface area contributed by atoms with E-state index in [0.29, 0.717) is 14.8 Å². The first-order valence-corrected chi connectivity index (χ1v) is 11.3. The second-order valence-corrected chi connectivity index (χ2v) is 8.86. The third-order valence-corrected chi connectivity index (χ3v) is 6.41. The summed E-state index contributed by atoms with van der Waals surface area (Å²) >= 11 is 2.01. The van der Waals surface area contributed by atoms with Crippen molar-refractivity contribution in [2.45, 2.75) is 5.92 Å². The van der Waals surface area contributed by atoms with E-state index in [4.69, 9.17) is 9.84 Å². The van der Waals surface area contributed by atoms with Gasteiger partial charge in [0.1, 0.15) is 13.2 Å². The number of aliphatic carboxylic acids is 1. The molecular weight excluding hydrogens is 535 g/mol. The number of nitrogens with one attached hydrogen (secondary N) is 1. The molecule has 3 aromatic rings. The summed E-state index contributed by atoms with van der Waals surface area (Å²) in [6.07, 6.45) is -0.586. The van der Waals surface area contributed by atoms with E-state index >= 15 is 0 Å². The van der Waals surface area contributed by atoms with Gasteiger partial charge < -0.3 is 14.7 Å². The van der Waals surface area contributed by atoms with E-state index in [1.165, 1.54) is 7.05 Å². The first-order valence-electron chi connectivity index (χ1n) is 10.2. The Morgan fingerprint density at radius 1 is 1.00 bits per heavy atom. The summed E-state index contributed by atoms with van der Waals surface area (Å²) in [5.74, 6) is -1.54. The lowest BCUT2D eigenvalue weighted by Gasteiger charge is -2.16. The lowest BCUT2D eigenvalue weighted by atomic mass is 9.98. The quantitative estimate of drug-likeness (QED) is 0.425. The maximum absolute atomic E-state index is 12.5. The fourth-order valence-corrected chi connectivity index (χ4v) is 4.64. The smallest absolute Gasteiger partial charge is 0.411 e. The molecular formula is C25H21IN2O5. The van der Waals surface area contributed by atoms with Crippen LogP contribution in [0.2, 0.25) is 0 Å². The predicted molar refractivity (Wildman–Crippen MR) is 132 cm³/mol. The molecule has 0 saturated carbocycles. The van der Waals surface area contributed by atoms with Crippen LogP contribution in [0.15, 0.2) is 66.7 Å². The van der Waals surface area contributed by atoms with Gasteiger partial charge in [-0.05, 0) is 63.0 Å². The van der Waals surface area contributed by atoms with Gasteiger partial charge in [-0.2, -0.15) is 0 Å². The highest BCUT2D eigenvalue weighted by atomic mass is 127. The Balaban J connectivity index is 1.42. The molecule has 168 valence electrons. The van der Waals surface area contributed by atoms with E-state index in [1.807, 2.05) is 46.9 Å². The van der Waals surface area contributed by atoms with Gasteiger partial charge >= 0.3 is 12.1 Å². The Bertz CT molecular complexity index is 1200. The molecule has 1 aliphatic rings. The summed E-state index contributed by atoms with van der Waals surface area (Å²) in [5, 5.41) is 11.6. The molecule has 0 aromatic heterocycles. The molecule has 2 N–H and O–H groups in total. The summed E-state index contributed by atoms with van der Waals surface area (Å²) in [7, 11) is 1.42. The van der Waals surface area contributed by atoms with Crippen molar-refractivity contribution in [1.29, 1.82) is 0 Å². The predicted octanol–water partition coefficient (Wildman–Crippen LogP) is 4.81. The summed E-state index contributed by atoms with van der Waals surface area (Å²) in [6.45, 7) is -0.192. The second kappa shape index (κ2) is 9.62. The van der Waals surface area contributed by atoms with Gasteiger partial charge in [0.25, 0.3) is 5.91 Å². The van der Waals surface area contributed by atoms with Crippen molar-refractivity contribution in [2.24, 2.45) is 0 Å². The molecule has 4 rings (SSSR count). The average Bonchev–Trinajstić information content (AvgIpc) is 3.12. The molecule has 8 heteroatoms. The Kier molecular flexibility index (Phi) is 6.64. The fourth-order valence-electron chi connectivity index (χ4n) is 3.99. The highest BCUT2D eigenvalue weighted by Gasteiger charge is 2.29. The van der Waals surface area contributed by atoms with Crippen LogP contribution < -0.4 is 5.32 Å². The number of halogens is 1. The molecule has 3 aromatic carbocycles. The number of anilines is 1. The van der Waals surface area contributed by atoms with E-state index < -0.39 is 24.5 Å². The van der Waals surface area contributed by atoms with Gasteiger partial charge in [-0.25, -0.2) is 4.79 Å². The molecule has 1 aliphatic carbocycles. The van der Waals surface area contributed by atoms with Gasteiger partial charge in [0.15, 0.2) is 0 Å². The number of carbonyl (C=O) groups excluding carboxylic acids is 2. The van der Waals surface area contributed by atoms with Crippen LogP contribution in [0.4, 0.5) is 10.5 Å². The molecule has 0 atom stereocenters. The van der Waals surface area contributed by atoms with Crippen molar-refractivity contribution < 1.29 is 24.2 Å². The largest absolute Gasteiger partial charge is 0.480 e. The number of likely N-dealkylation sites (N-methyl/N-ethyl adjacent to an activating group) is 1. The number of carbonyl (C=O) groups is 3. The topological polar surface area (TPSA) is 95.9 Å². The van der Waals surface area contributed by atoms with Gasteiger partial charge in [-0.3, -0.25) is 14.9 Å². The van der Waals surface area contributed by atoms with Crippen molar-refractivity contribution in [1.82, 2.24) is 4.90 Å². The zero-order chi connectivity index (χ0) is 23.5. The standard InChI is InChI=1S/C25H21IN2O5/c1-28(13-23(29)30)24(31)15-10-11-22(21(26)12-15)27-25(32)33-14-20-18-8-4-2-6-16(18)17-7-3-5-9-19(17)20/h2-12,20H,13-14H2,1H3,(H,27,32)(H,29,30). The first kappa shape index (κ1) is 22.8. The lowest BCUT2D eigenvalue weighted by Crippen LogP contribution is -2.32. The SMILES string of the molecule is CN(CC(=O)O)C(=O)c1ccc(NC(=O)OCC2c3ccccc3-c3ccccc32)c(I)c1. The Hall–Kier alpha value is -3.40. The van der Waals surface area contributed by atoms with E-state index in [2.05, 4.69) is 29.6 Å². The molecule has 0 fully saturated rings. The molecule has 0 radical (unpaired) electrons. The number of rotatable bonds is 6. The third-order valence-electron chi connectivity index (χ3n) is 5.52. The number of carboxylic acid groups (broad SMARTS) is 1. The fraction of sp³-hybridized carbons (Fsp3) is 0.160. The minimum absolute atomic E-state index is 0.0352. The van der Waals surface area contributed by atoms with Crippen LogP contribution in [0, 0.1) is 3.57 Å². The van der Waals surface area contributed by atoms with Gasteiger partial charge in [-0.15, -0.1) is 0 Å². The van der Waals surface area contributed by atoms with Crippen molar-refractivity contribution in [3.8, 4) is 11.1 Å². The Morgan fingerprint density at radius 3 is 2.18 bits per heavy atom. The van der Waals surface area contributed by atoms with Crippen LogP contribution in [0.1, 0.15) is 27.4 Å². The highest BCUT2D eigenvalue weighted by molar-refractivity contribution is 14.1. The number of benzene rings is 3. The Labute approximate surface area is 204 Å². The maximum Gasteiger partial charge on any atom is 0.411 e. The summed E-state index contributed by atoms with van der Waals surface area (Å²) < 4.78 is 6.20. The first-order chi connectivity index (χ1) is 15.8. The molecule has 0 aliphatic heterocycles. The van der Waals surface area contributed by atoms with Crippen LogP contribution in [-0.2, 0) is 9.53 Å². The molecule has 7 nitrogen and oxygen atoms in total. The number of carboxylic acids is 1. The number of ether oxygens (including phenoxy) is 1. The van der Waals surface area contributed by atoms with Gasteiger partial charge in [-0.1, -0.05) is 48.5 Å². The normalized spacial score (nSPS) is 11.9. The van der Waals surface area contributed by atoms with E-state index in [-0.39, 0.29) is 12.5 Å². The lowest BCUT2D eigenvalue weighted by molar-refractivity contribution is -0.137. The van der Waals surface area contributed by atoms with Gasteiger partial charge in [0, 0.05) is 22.1 Å². The monoisotopic (exact) mass is 556 g/mol. The second-order valence-electron chi connectivity index (χ2n) is 7.70. The Morgan fingerprint density at radius 2 is 1.61 bits per heavy atom. The molecule has 2 amide bonds.